The van der Waals surface area contributed by atoms with Crippen LogP contribution < -0.4 is 5.32 Å². The number of aliphatic hydroxyl groups is 1. The lowest BCUT2D eigenvalue weighted by atomic mass is 10.2. The maximum absolute atomic E-state index is 12.9. The molecule has 3 aromatic rings. The minimum Gasteiger partial charge on any atom is -0.392 e. The average Bonchev–Trinajstić information content (AvgIpc) is 3.10. The van der Waals surface area contributed by atoms with Gasteiger partial charge in [0, 0.05) is 13.2 Å². The van der Waals surface area contributed by atoms with Crippen molar-refractivity contribution >= 4 is 22.9 Å². The summed E-state index contributed by atoms with van der Waals surface area (Å²) >= 11 is 0. The van der Waals surface area contributed by atoms with E-state index in [1.165, 1.54) is 35.1 Å². The average molecular weight is 353 g/mol. The number of carbonyl (C=O) groups is 1. The first-order chi connectivity index (χ1) is 11.8. The first-order valence-corrected chi connectivity index (χ1v) is 7.24. The van der Waals surface area contributed by atoms with Crippen LogP contribution in [0.15, 0.2) is 30.5 Å². The molecule has 0 atom stereocenters. The zero-order valence-electron chi connectivity index (χ0n) is 13.1. The maximum atomic E-state index is 12.9. The summed E-state index contributed by atoms with van der Waals surface area (Å²) in [6.07, 6.45) is -3.09. The van der Waals surface area contributed by atoms with Crippen molar-refractivity contribution < 1.29 is 23.1 Å². The Morgan fingerprint density at radius 2 is 2.08 bits per heavy atom. The summed E-state index contributed by atoms with van der Waals surface area (Å²) < 4.78 is 41.0. The van der Waals surface area contributed by atoms with Gasteiger partial charge in [0.25, 0.3) is 5.91 Å². The molecule has 0 saturated carbocycles. The molecule has 0 aliphatic heterocycles. The van der Waals surface area contributed by atoms with E-state index in [-0.39, 0.29) is 29.3 Å². The van der Waals surface area contributed by atoms with E-state index in [1.807, 2.05) is 0 Å². The van der Waals surface area contributed by atoms with Crippen molar-refractivity contribution in [3.63, 3.8) is 0 Å². The van der Waals surface area contributed by atoms with Crippen molar-refractivity contribution in [2.75, 3.05) is 5.32 Å². The molecule has 7 nitrogen and oxygen atoms in total. The molecule has 0 saturated heterocycles. The van der Waals surface area contributed by atoms with E-state index < -0.39 is 18.6 Å². The Labute approximate surface area is 139 Å². The highest BCUT2D eigenvalue weighted by molar-refractivity contribution is 6.02. The monoisotopic (exact) mass is 353 g/mol. The van der Waals surface area contributed by atoms with Crippen LogP contribution in [0.5, 0.6) is 0 Å². The molecule has 3 rings (SSSR count). The minimum absolute atomic E-state index is 0.182. The molecule has 0 bridgehead atoms. The zero-order valence-corrected chi connectivity index (χ0v) is 13.1. The molecule has 10 heteroatoms. The molecule has 2 heterocycles. The van der Waals surface area contributed by atoms with E-state index in [0.717, 1.165) is 4.57 Å². The Hall–Kier alpha value is -2.88. The number of nitrogens with zero attached hydrogens (tertiary/aromatic N) is 4. The number of imidazole rings is 1. The third kappa shape index (κ3) is 3.48. The number of benzene rings is 1. The maximum Gasteiger partial charge on any atom is 0.406 e. The number of hydrogen-bond donors (Lipinski definition) is 2. The second kappa shape index (κ2) is 6.20. The number of aliphatic hydroxyl groups excluding tert-OH is 1. The number of halogens is 3. The number of amides is 1. The van der Waals surface area contributed by atoms with Crippen molar-refractivity contribution in [2.24, 2.45) is 7.05 Å². The summed E-state index contributed by atoms with van der Waals surface area (Å²) in [6.45, 7) is -1.57. The van der Waals surface area contributed by atoms with Crippen LogP contribution >= 0.6 is 0 Å². The fourth-order valence-corrected chi connectivity index (χ4v) is 2.47. The second-order valence-electron chi connectivity index (χ2n) is 5.41. The Kier molecular flexibility index (Phi) is 4.21. The first-order valence-electron chi connectivity index (χ1n) is 7.24. The molecule has 132 valence electrons. The molecule has 2 N–H and O–H groups in total. The lowest BCUT2D eigenvalue weighted by Crippen LogP contribution is -2.23. The summed E-state index contributed by atoms with van der Waals surface area (Å²) in [5.74, 6) is -0.852. The second-order valence-corrected chi connectivity index (χ2v) is 5.41. The van der Waals surface area contributed by atoms with Gasteiger partial charge in [-0.15, -0.1) is 0 Å². The molecule has 0 radical (unpaired) electrons. The summed E-state index contributed by atoms with van der Waals surface area (Å²) in [5.41, 5.74) is 1.14. The lowest BCUT2D eigenvalue weighted by Gasteiger charge is -2.12. The normalized spacial score (nSPS) is 11.9. The Morgan fingerprint density at radius 3 is 2.68 bits per heavy atom. The number of aromatic nitrogens is 4. The predicted octanol–water partition coefficient (Wildman–Crippen LogP) is 2.08. The van der Waals surface area contributed by atoms with Gasteiger partial charge in [-0.05, 0) is 23.8 Å². The summed E-state index contributed by atoms with van der Waals surface area (Å²) in [6, 6.07) is 5.85. The Balaban J connectivity index is 2.04. The van der Waals surface area contributed by atoms with Crippen LogP contribution in [0.4, 0.5) is 19.1 Å². The molecule has 0 aliphatic carbocycles. The zero-order chi connectivity index (χ0) is 18.2. The highest BCUT2D eigenvalue weighted by Crippen LogP contribution is 2.27. The molecule has 0 aliphatic rings. The standard InChI is InChI=1S/C15H14F3N5O2/c1-22-12(4-5-19-22)13(25)21-14-20-10-6-9(7-24)2-3-11(10)23(14)8-15(16,17)18/h2-6,24H,7-8H2,1H3,(H,20,21,25). The molecule has 0 fully saturated rings. The molecule has 2 aromatic heterocycles. The van der Waals surface area contributed by atoms with E-state index in [2.05, 4.69) is 15.4 Å². The van der Waals surface area contributed by atoms with Crippen LogP contribution in [-0.4, -0.2) is 36.5 Å². The van der Waals surface area contributed by atoms with E-state index >= 15 is 0 Å². The summed E-state index contributed by atoms with van der Waals surface area (Å²) in [4.78, 5) is 16.3. The van der Waals surface area contributed by atoms with Gasteiger partial charge in [0.05, 0.1) is 17.6 Å². The smallest absolute Gasteiger partial charge is 0.392 e. The van der Waals surface area contributed by atoms with Crippen LogP contribution in [0.2, 0.25) is 0 Å². The number of rotatable bonds is 4. The summed E-state index contributed by atoms with van der Waals surface area (Å²) in [5, 5.41) is 15.4. The van der Waals surface area contributed by atoms with Gasteiger partial charge in [0.15, 0.2) is 0 Å². The quantitative estimate of drug-likeness (QED) is 0.752. The molecule has 1 aromatic carbocycles. The van der Waals surface area contributed by atoms with Crippen molar-refractivity contribution in [1.29, 1.82) is 0 Å². The van der Waals surface area contributed by atoms with Crippen molar-refractivity contribution in [2.45, 2.75) is 19.3 Å². The number of hydrogen-bond acceptors (Lipinski definition) is 4. The number of aryl methyl sites for hydroxylation is 1. The van der Waals surface area contributed by atoms with E-state index in [1.54, 1.807) is 7.05 Å². The SMILES string of the molecule is Cn1nccc1C(=O)Nc1nc2cc(CO)ccc2n1CC(F)(F)F. The van der Waals surface area contributed by atoms with Crippen LogP contribution in [-0.2, 0) is 20.2 Å². The topological polar surface area (TPSA) is 85.0 Å². The van der Waals surface area contributed by atoms with Gasteiger partial charge >= 0.3 is 6.18 Å². The molecular weight excluding hydrogens is 339 g/mol. The van der Waals surface area contributed by atoms with Crippen LogP contribution in [0.3, 0.4) is 0 Å². The molecule has 1 amide bonds. The van der Waals surface area contributed by atoms with Gasteiger partial charge in [0.1, 0.15) is 12.2 Å². The van der Waals surface area contributed by atoms with Crippen LogP contribution in [0.25, 0.3) is 11.0 Å². The van der Waals surface area contributed by atoms with E-state index in [4.69, 9.17) is 5.11 Å². The number of alkyl halides is 3. The first kappa shape index (κ1) is 17.0. The minimum atomic E-state index is -4.49. The van der Waals surface area contributed by atoms with Crippen LogP contribution in [0, 0.1) is 0 Å². The fourth-order valence-electron chi connectivity index (χ4n) is 2.47. The van der Waals surface area contributed by atoms with Gasteiger partial charge in [-0.2, -0.15) is 18.3 Å². The predicted molar refractivity (Wildman–Crippen MR) is 82.9 cm³/mol. The van der Waals surface area contributed by atoms with Crippen LogP contribution in [0.1, 0.15) is 16.1 Å². The number of fused-ring (bicyclic) bond motifs is 1. The van der Waals surface area contributed by atoms with E-state index in [9.17, 15) is 18.0 Å². The molecular formula is C15H14F3N5O2. The van der Waals surface area contributed by atoms with Crippen molar-refractivity contribution in [1.82, 2.24) is 19.3 Å². The molecule has 25 heavy (non-hydrogen) atoms. The molecule has 0 unspecified atom stereocenters. The lowest BCUT2D eigenvalue weighted by molar-refractivity contribution is -0.139. The van der Waals surface area contributed by atoms with Gasteiger partial charge < -0.3 is 9.67 Å². The molecule has 0 spiro atoms. The fraction of sp³-hybridized carbons (Fsp3) is 0.267. The largest absolute Gasteiger partial charge is 0.406 e. The summed E-state index contributed by atoms with van der Waals surface area (Å²) in [7, 11) is 1.54. The van der Waals surface area contributed by atoms with Crippen molar-refractivity contribution in [3.8, 4) is 0 Å². The third-order valence-corrected chi connectivity index (χ3v) is 3.61. The highest BCUT2D eigenvalue weighted by Gasteiger charge is 2.31. The van der Waals surface area contributed by atoms with Gasteiger partial charge in [-0.25, -0.2) is 4.98 Å². The van der Waals surface area contributed by atoms with Gasteiger partial charge in [-0.1, -0.05) is 6.07 Å². The van der Waals surface area contributed by atoms with E-state index in [0.29, 0.717) is 5.56 Å². The number of nitrogens with one attached hydrogen (secondary N) is 1. The number of anilines is 1. The third-order valence-electron chi connectivity index (χ3n) is 3.61. The highest BCUT2D eigenvalue weighted by atomic mass is 19.4. The van der Waals surface area contributed by atoms with Crippen molar-refractivity contribution in [3.05, 3.63) is 41.7 Å². The van der Waals surface area contributed by atoms with Gasteiger partial charge in [-0.3, -0.25) is 14.8 Å². The number of carbonyl (C=O) groups excluding carboxylic acids is 1. The Morgan fingerprint density at radius 1 is 1.32 bits per heavy atom. The van der Waals surface area contributed by atoms with Gasteiger partial charge in [0.2, 0.25) is 5.95 Å². The Bertz CT molecular complexity index is 929.